The molecule has 2 nitrogen and oxygen atoms in total. The molecule has 0 bridgehead atoms. The van der Waals surface area contributed by atoms with E-state index in [1.807, 2.05) is 0 Å². The van der Waals surface area contributed by atoms with Crippen molar-refractivity contribution in [1.82, 2.24) is 5.32 Å². The fraction of sp³-hybridized carbons (Fsp3) is 0.923. The Balaban J connectivity index is 2.88. The van der Waals surface area contributed by atoms with E-state index in [2.05, 4.69) is 52.9 Å². The molecule has 0 aliphatic carbocycles. The maximum absolute atomic E-state index is 9.24. The number of nitrogens with one attached hydrogen (secondary N) is 1. The zero-order valence-electron chi connectivity index (χ0n) is 10.9. The van der Waals surface area contributed by atoms with Gasteiger partial charge in [-0.1, -0.05) is 20.8 Å². The van der Waals surface area contributed by atoms with Crippen molar-refractivity contribution < 1.29 is 0 Å². The highest BCUT2D eigenvalue weighted by Gasteiger charge is 2.48. The largest absolute Gasteiger partial charge is 0.305 e. The summed E-state index contributed by atoms with van der Waals surface area (Å²) < 4.78 is 0. The van der Waals surface area contributed by atoms with Crippen LogP contribution in [0, 0.1) is 22.7 Å². The molecule has 0 aromatic carbocycles. The van der Waals surface area contributed by atoms with Crippen LogP contribution in [0.15, 0.2) is 0 Å². The van der Waals surface area contributed by atoms with Crippen LogP contribution in [0.3, 0.4) is 0 Å². The van der Waals surface area contributed by atoms with Crippen LogP contribution in [0.5, 0.6) is 0 Å². The molecule has 0 aromatic heterocycles. The van der Waals surface area contributed by atoms with Gasteiger partial charge in [0, 0.05) is 11.1 Å². The third-order valence-corrected chi connectivity index (χ3v) is 3.16. The van der Waals surface area contributed by atoms with Crippen molar-refractivity contribution in [2.75, 3.05) is 0 Å². The van der Waals surface area contributed by atoms with Crippen molar-refractivity contribution in [1.29, 1.82) is 5.26 Å². The van der Waals surface area contributed by atoms with Crippen molar-refractivity contribution >= 4 is 0 Å². The number of nitriles is 1. The molecule has 1 rings (SSSR count). The first-order chi connectivity index (χ1) is 6.58. The highest BCUT2D eigenvalue weighted by molar-refractivity contribution is 5.13. The maximum atomic E-state index is 9.24. The predicted molar refractivity (Wildman–Crippen MR) is 63.4 cm³/mol. The zero-order valence-corrected chi connectivity index (χ0v) is 10.9. The monoisotopic (exact) mass is 208 g/mol. The Labute approximate surface area is 94.1 Å². The fourth-order valence-corrected chi connectivity index (χ4v) is 3.10. The molecule has 1 aliphatic rings. The first-order valence-corrected chi connectivity index (χ1v) is 5.77. The van der Waals surface area contributed by atoms with Gasteiger partial charge in [0.1, 0.15) is 0 Å². The molecule has 1 fully saturated rings. The summed E-state index contributed by atoms with van der Waals surface area (Å²) in [5, 5.41) is 12.9. The zero-order chi connectivity index (χ0) is 11.9. The average Bonchev–Trinajstić information content (AvgIpc) is 2.15. The Hall–Kier alpha value is -0.550. The maximum Gasteiger partial charge on any atom is 0.0675 e. The van der Waals surface area contributed by atoms with Crippen molar-refractivity contribution in [2.24, 2.45) is 11.3 Å². The number of hydrogen-bond donors (Lipinski definition) is 1. The molecule has 2 unspecified atom stereocenters. The van der Waals surface area contributed by atoms with Crippen LogP contribution in [0.1, 0.15) is 54.4 Å². The molecule has 0 radical (unpaired) electrons. The van der Waals surface area contributed by atoms with Gasteiger partial charge in [0.05, 0.1) is 12.0 Å². The van der Waals surface area contributed by atoms with Gasteiger partial charge >= 0.3 is 0 Å². The third kappa shape index (κ3) is 2.95. The topological polar surface area (TPSA) is 35.8 Å². The molecule has 0 spiro atoms. The summed E-state index contributed by atoms with van der Waals surface area (Å²) in [7, 11) is 0. The van der Waals surface area contributed by atoms with Gasteiger partial charge < -0.3 is 5.32 Å². The standard InChI is InChI=1S/C13H24N2/c1-11(2,3)9-13(6)10(8-14)7-12(4,5)15-13/h10,15H,7,9H2,1-6H3. The van der Waals surface area contributed by atoms with Crippen molar-refractivity contribution in [3.8, 4) is 6.07 Å². The van der Waals surface area contributed by atoms with Crippen LogP contribution in [0.25, 0.3) is 0 Å². The van der Waals surface area contributed by atoms with Crippen LogP contribution in [-0.4, -0.2) is 11.1 Å². The predicted octanol–water partition coefficient (Wildman–Crippen LogP) is 3.09. The Morgan fingerprint density at radius 1 is 1.33 bits per heavy atom. The molecule has 1 N–H and O–H groups in total. The molecule has 86 valence electrons. The third-order valence-electron chi connectivity index (χ3n) is 3.16. The quantitative estimate of drug-likeness (QED) is 0.718. The molecule has 1 saturated heterocycles. The lowest BCUT2D eigenvalue weighted by molar-refractivity contribution is 0.210. The van der Waals surface area contributed by atoms with Gasteiger partial charge in [-0.05, 0) is 39.0 Å². The van der Waals surface area contributed by atoms with Crippen LogP contribution < -0.4 is 5.32 Å². The minimum absolute atomic E-state index is 0.0312. The lowest BCUT2D eigenvalue weighted by Gasteiger charge is -2.36. The first-order valence-electron chi connectivity index (χ1n) is 5.77. The molecule has 15 heavy (non-hydrogen) atoms. The van der Waals surface area contributed by atoms with E-state index in [-0.39, 0.29) is 22.4 Å². The van der Waals surface area contributed by atoms with Gasteiger partial charge in [-0.15, -0.1) is 0 Å². The summed E-state index contributed by atoms with van der Waals surface area (Å²) in [6.07, 6.45) is 2.00. The second-order valence-corrected chi connectivity index (χ2v) is 7.05. The molecule has 0 aromatic rings. The lowest BCUT2D eigenvalue weighted by atomic mass is 9.75. The first kappa shape index (κ1) is 12.5. The van der Waals surface area contributed by atoms with E-state index >= 15 is 0 Å². The summed E-state index contributed by atoms with van der Waals surface area (Å²) in [5.41, 5.74) is 0.328. The minimum Gasteiger partial charge on any atom is -0.305 e. The van der Waals surface area contributed by atoms with E-state index in [1.165, 1.54) is 0 Å². The summed E-state index contributed by atoms with van der Waals surface area (Å²) in [6, 6.07) is 2.47. The molecule has 0 saturated carbocycles. The molecule has 0 amide bonds. The highest BCUT2D eigenvalue weighted by Crippen LogP contribution is 2.42. The molecular weight excluding hydrogens is 184 g/mol. The fourth-order valence-electron chi connectivity index (χ4n) is 3.10. The summed E-state index contributed by atoms with van der Waals surface area (Å²) in [4.78, 5) is 0. The van der Waals surface area contributed by atoms with Gasteiger partial charge in [0.25, 0.3) is 0 Å². The second kappa shape index (κ2) is 3.49. The van der Waals surface area contributed by atoms with Gasteiger partial charge in [-0.2, -0.15) is 5.26 Å². The highest BCUT2D eigenvalue weighted by atomic mass is 15.1. The molecule has 2 atom stereocenters. The van der Waals surface area contributed by atoms with Gasteiger partial charge in [0.2, 0.25) is 0 Å². The van der Waals surface area contributed by atoms with E-state index in [9.17, 15) is 5.26 Å². The molecule has 1 heterocycles. The number of rotatable bonds is 1. The minimum atomic E-state index is -0.0312. The van der Waals surface area contributed by atoms with E-state index in [4.69, 9.17) is 0 Å². The summed E-state index contributed by atoms with van der Waals surface area (Å²) in [5.74, 6) is 0.131. The second-order valence-electron chi connectivity index (χ2n) is 7.05. The Bertz CT molecular complexity index is 280. The van der Waals surface area contributed by atoms with E-state index < -0.39 is 0 Å². The van der Waals surface area contributed by atoms with Gasteiger partial charge in [-0.25, -0.2) is 0 Å². The van der Waals surface area contributed by atoms with Crippen LogP contribution >= 0.6 is 0 Å². The molecule has 2 heteroatoms. The molecule has 1 aliphatic heterocycles. The van der Waals surface area contributed by atoms with Crippen LogP contribution in [0.2, 0.25) is 0 Å². The van der Waals surface area contributed by atoms with Crippen molar-refractivity contribution in [2.45, 2.75) is 65.5 Å². The van der Waals surface area contributed by atoms with E-state index in [0.717, 1.165) is 12.8 Å². The SMILES string of the molecule is CC(C)(C)CC1(C)NC(C)(C)CC1C#N. The van der Waals surface area contributed by atoms with Crippen molar-refractivity contribution in [3.05, 3.63) is 0 Å². The summed E-state index contributed by atoms with van der Waals surface area (Å²) in [6.45, 7) is 13.3. The van der Waals surface area contributed by atoms with Crippen molar-refractivity contribution in [3.63, 3.8) is 0 Å². The van der Waals surface area contributed by atoms with Gasteiger partial charge in [-0.3, -0.25) is 0 Å². The lowest BCUT2D eigenvalue weighted by Crippen LogP contribution is -2.49. The Kier molecular flexibility index (Phi) is 2.91. The normalized spacial score (nSPS) is 35.1. The van der Waals surface area contributed by atoms with E-state index in [0.29, 0.717) is 0 Å². The van der Waals surface area contributed by atoms with Crippen LogP contribution in [0.4, 0.5) is 0 Å². The smallest absolute Gasteiger partial charge is 0.0675 e. The Morgan fingerprint density at radius 2 is 1.87 bits per heavy atom. The summed E-state index contributed by atoms with van der Waals surface area (Å²) >= 11 is 0. The Morgan fingerprint density at radius 3 is 2.27 bits per heavy atom. The number of hydrogen-bond acceptors (Lipinski definition) is 2. The molecular formula is C13H24N2. The van der Waals surface area contributed by atoms with Crippen LogP contribution in [-0.2, 0) is 0 Å². The average molecular weight is 208 g/mol. The number of nitrogens with zero attached hydrogens (tertiary/aromatic N) is 1. The van der Waals surface area contributed by atoms with E-state index in [1.54, 1.807) is 0 Å². The van der Waals surface area contributed by atoms with Gasteiger partial charge in [0.15, 0.2) is 0 Å².